The van der Waals surface area contributed by atoms with Crippen molar-refractivity contribution in [1.82, 2.24) is 10.2 Å². The number of likely N-dealkylation sites (tertiary alicyclic amines) is 1. The molecule has 70 valence electrons. The molecule has 3 nitrogen and oxygen atoms in total. The molecule has 12 heavy (non-hydrogen) atoms. The molecular weight excluding hydrogens is 152 g/mol. The van der Waals surface area contributed by atoms with Crippen LogP contribution in [0.2, 0.25) is 0 Å². The Labute approximate surface area is 74.1 Å². The predicted octanol–water partition coefficient (Wildman–Crippen LogP) is 0.0690. The van der Waals surface area contributed by atoms with Gasteiger partial charge in [0.1, 0.15) is 0 Å². The second-order valence-electron chi connectivity index (χ2n) is 4.29. The summed E-state index contributed by atoms with van der Waals surface area (Å²) in [5.41, 5.74) is 0.270. The summed E-state index contributed by atoms with van der Waals surface area (Å²) in [6, 6.07) is 0.707. The van der Waals surface area contributed by atoms with Crippen molar-refractivity contribution in [2.45, 2.75) is 24.4 Å². The fraction of sp³-hybridized carbons (Fsp3) is 1.00. The average molecular weight is 170 g/mol. The van der Waals surface area contributed by atoms with E-state index in [4.69, 9.17) is 4.74 Å². The summed E-state index contributed by atoms with van der Waals surface area (Å²) >= 11 is 0. The van der Waals surface area contributed by atoms with E-state index >= 15 is 0 Å². The molecule has 2 rings (SSSR count). The lowest BCUT2D eigenvalue weighted by atomic mass is 9.98. The number of piperazine rings is 1. The molecule has 3 heteroatoms. The van der Waals surface area contributed by atoms with Crippen molar-refractivity contribution in [2.75, 3.05) is 33.9 Å². The van der Waals surface area contributed by atoms with Crippen LogP contribution in [0.1, 0.15) is 12.8 Å². The molecule has 0 spiro atoms. The number of hydrogen-bond acceptors (Lipinski definition) is 3. The fourth-order valence-corrected chi connectivity index (χ4v) is 2.68. The maximum absolute atomic E-state index is 5.26. The lowest BCUT2D eigenvalue weighted by Gasteiger charge is -2.39. The zero-order valence-electron chi connectivity index (χ0n) is 7.97. The Morgan fingerprint density at radius 1 is 1.67 bits per heavy atom. The third-order valence-corrected chi connectivity index (χ3v) is 3.01. The van der Waals surface area contributed by atoms with E-state index < -0.39 is 0 Å². The highest BCUT2D eigenvalue weighted by Gasteiger charge is 2.43. The molecule has 2 bridgehead atoms. The van der Waals surface area contributed by atoms with Gasteiger partial charge in [-0.1, -0.05) is 0 Å². The largest absolute Gasteiger partial charge is 0.383 e. The molecule has 0 amide bonds. The van der Waals surface area contributed by atoms with E-state index in [9.17, 15) is 0 Å². The first-order valence-corrected chi connectivity index (χ1v) is 4.69. The summed E-state index contributed by atoms with van der Waals surface area (Å²) in [5, 5.41) is 3.67. The number of likely N-dealkylation sites (N-methyl/N-ethyl adjacent to an activating group) is 1. The summed E-state index contributed by atoms with van der Waals surface area (Å²) in [7, 11) is 3.99. The van der Waals surface area contributed by atoms with Gasteiger partial charge in [0, 0.05) is 26.2 Å². The van der Waals surface area contributed by atoms with Crippen molar-refractivity contribution < 1.29 is 4.74 Å². The summed E-state index contributed by atoms with van der Waals surface area (Å²) in [4.78, 5) is 2.41. The first-order valence-electron chi connectivity index (χ1n) is 4.69. The maximum Gasteiger partial charge on any atom is 0.0657 e. The molecule has 0 saturated carbocycles. The number of ether oxygens (including phenoxy) is 1. The molecule has 0 aromatic rings. The molecule has 2 atom stereocenters. The standard InChI is InChI=1S/C9H18N2O/c1-11-5-8-3-4-9(6-11,10-8)7-12-2/h8,10H,3-7H2,1-2H3/t8?,9-/m0/s1. The Morgan fingerprint density at radius 3 is 3.25 bits per heavy atom. The van der Waals surface area contributed by atoms with E-state index in [0.717, 1.165) is 13.2 Å². The van der Waals surface area contributed by atoms with Gasteiger partial charge in [-0.15, -0.1) is 0 Å². The van der Waals surface area contributed by atoms with Gasteiger partial charge in [-0.05, 0) is 19.9 Å². The molecule has 0 aromatic carbocycles. The monoisotopic (exact) mass is 170 g/mol. The van der Waals surface area contributed by atoms with Crippen LogP contribution < -0.4 is 5.32 Å². The van der Waals surface area contributed by atoms with Crippen LogP contribution in [-0.2, 0) is 4.74 Å². The lowest BCUT2D eigenvalue weighted by Crippen LogP contribution is -2.60. The van der Waals surface area contributed by atoms with Gasteiger partial charge in [0.05, 0.1) is 12.1 Å². The van der Waals surface area contributed by atoms with Crippen LogP contribution in [0.5, 0.6) is 0 Å². The van der Waals surface area contributed by atoms with Gasteiger partial charge in [0.25, 0.3) is 0 Å². The first-order chi connectivity index (χ1) is 5.74. The normalized spacial score (nSPS) is 42.0. The van der Waals surface area contributed by atoms with Crippen LogP contribution in [-0.4, -0.2) is 50.3 Å². The molecular formula is C9H18N2O. The lowest BCUT2D eigenvalue weighted by molar-refractivity contribution is 0.0715. The number of fused-ring (bicyclic) bond motifs is 2. The highest BCUT2D eigenvalue weighted by atomic mass is 16.5. The Bertz CT molecular complexity index is 170. The van der Waals surface area contributed by atoms with E-state index in [1.807, 2.05) is 0 Å². The summed E-state index contributed by atoms with van der Waals surface area (Å²) < 4.78 is 5.26. The number of nitrogens with one attached hydrogen (secondary N) is 1. The number of hydrogen-bond donors (Lipinski definition) is 1. The summed E-state index contributed by atoms with van der Waals surface area (Å²) in [6.45, 7) is 3.19. The molecule has 2 saturated heterocycles. The van der Waals surface area contributed by atoms with Crippen LogP contribution in [0.3, 0.4) is 0 Å². The van der Waals surface area contributed by atoms with E-state index in [2.05, 4.69) is 17.3 Å². The number of nitrogens with zero attached hydrogens (tertiary/aromatic N) is 1. The Kier molecular flexibility index (Phi) is 2.10. The topological polar surface area (TPSA) is 24.5 Å². The van der Waals surface area contributed by atoms with Crippen molar-refractivity contribution in [3.05, 3.63) is 0 Å². The van der Waals surface area contributed by atoms with Crippen molar-refractivity contribution >= 4 is 0 Å². The summed E-state index contributed by atoms with van der Waals surface area (Å²) in [5.74, 6) is 0. The Balaban J connectivity index is 2.05. The molecule has 2 aliphatic rings. The summed E-state index contributed by atoms with van der Waals surface area (Å²) in [6.07, 6.45) is 2.59. The van der Waals surface area contributed by atoms with E-state index in [-0.39, 0.29) is 5.54 Å². The quantitative estimate of drug-likeness (QED) is 0.634. The zero-order chi connectivity index (χ0) is 8.60. The van der Waals surface area contributed by atoms with E-state index in [1.54, 1.807) is 7.11 Å². The van der Waals surface area contributed by atoms with Gasteiger partial charge >= 0.3 is 0 Å². The van der Waals surface area contributed by atoms with E-state index in [1.165, 1.54) is 19.4 Å². The molecule has 0 aromatic heterocycles. The molecule has 0 radical (unpaired) electrons. The predicted molar refractivity (Wildman–Crippen MR) is 48.3 cm³/mol. The van der Waals surface area contributed by atoms with Crippen LogP contribution in [0.25, 0.3) is 0 Å². The highest BCUT2D eigenvalue weighted by molar-refractivity contribution is 5.04. The number of rotatable bonds is 2. The molecule has 2 heterocycles. The van der Waals surface area contributed by atoms with Crippen LogP contribution >= 0.6 is 0 Å². The van der Waals surface area contributed by atoms with Crippen LogP contribution in [0, 0.1) is 0 Å². The van der Waals surface area contributed by atoms with Gasteiger partial charge in [0.15, 0.2) is 0 Å². The Hall–Kier alpha value is -0.120. The first kappa shape index (κ1) is 8.48. The Morgan fingerprint density at radius 2 is 2.50 bits per heavy atom. The van der Waals surface area contributed by atoms with Crippen molar-refractivity contribution in [1.29, 1.82) is 0 Å². The third kappa shape index (κ3) is 1.37. The van der Waals surface area contributed by atoms with E-state index in [0.29, 0.717) is 6.04 Å². The molecule has 2 aliphatic heterocycles. The minimum Gasteiger partial charge on any atom is -0.383 e. The molecule has 1 N–H and O–H groups in total. The van der Waals surface area contributed by atoms with Gasteiger partial charge < -0.3 is 15.0 Å². The molecule has 1 unspecified atom stereocenters. The molecule has 0 aliphatic carbocycles. The van der Waals surface area contributed by atoms with Crippen molar-refractivity contribution in [2.24, 2.45) is 0 Å². The maximum atomic E-state index is 5.26. The van der Waals surface area contributed by atoms with Gasteiger partial charge in [-0.2, -0.15) is 0 Å². The van der Waals surface area contributed by atoms with Crippen molar-refractivity contribution in [3.8, 4) is 0 Å². The minimum absolute atomic E-state index is 0.270. The average Bonchev–Trinajstić information content (AvgIpc) is 2.27. The highest BCUT2D eigenvalue weighted by Crippen LogP contribution is 2.29. The van der Waals surface area contributed by atoms with Gasteiger partial charge in [-0.25, -0.2) is 0 Å². The zero-order valence-corrected chi connectivity index (χ0v) is 7.97. The second-order valence-corrected chi connectivity index (χ2v) is 4.29. The minimum atomic E-state index is 0.270. The van der Waals surface area contributed by atoms with Crippen molar-refractivity contribution in [3.63, 3.8) is 0 Å². The third-order valence-electron chi connectivity index (χ3n) is 3.01. The SMILES string of the molecule is COC[C@]12CCC(CN(C)C1)N2. The van der Waals surface area contributed by atoms with Gasteiger partial charge in [0.2, 0.25) is 0 Å². The smallest absolute Gasteiger partial charge is 0.0657 e. The molecule has 2 fully saturated rings. The fourth-order valence-electron chi connectivity index (χ4n) is 2.68. The van der Waals surface area contributed by atoms with Crippen LogP contribution in [0.15, 0.2) is 0 Å². The second kappa shape index (κ2) is 2.98. The van der Waals surface area contributed by atoms with Crippen LogP contribution in [0.4, 0.5) is 0 Å². The van der Waals surface area contributed by atoms with Gasteiger partial charge in [-0.3, -0.25) is 0 Å². The number of methoxy groups -OCH3 is 1.